The fourth-order valence-electron chi connectivity index (χ4n) is 1.74. The Morgan fingerprint density at radius 2 is 1.85 bits per heavy atom. The van der Waals surface area contributed by atoms with Crippen LogP contribution in [0.3, 0.4) is 0 Å². The highest BCUT2D eigenvalue weighted by molar-refractivity contribution is 6.33. The number of benzene rings is 2. The van der Waals surface area contributed by atoms with Crippen LogP contribution in [-0.2, 0) is 6.54 Å². The lowest BCUT2D eigenvalue weighted by atomic mass is 10.1. The Bertz CT molecular complexity index is 655. The van der Waals surface area contributed by atoms with Gasteiger partial charge in [0.05, 0.1) is 16.1 Å². The van der Waals surface area contributed by atoms with Gasteiger partial charge in [0.2, 0.25) is 0 Å². The van der Waals surface area contributed by atoms with Gasteiger partial charge in [0.1, 0.15) is 0 Å². The van der Waals surface area contributed by atoms with E-state index >= 15 is 0 Å². The normalized spacial score (nSPS) is 10.1. The minimum atomic E-state index is -0.996. The maximum absolute atomic E-state index is 11.9. The number of carbonyl (C=O) groups excluding carboxylic acids is 1. The summed E-state index contributed by atoms with van der Waals surface area (Å²) in [4.78, 5) is 22.8. The van der Waals surface area contributed by atoms with E-state index in [4.69, 9.17) is 16.7 Å². The number of hydrogen-bond donors (Lipinski definition) is 2. The van der Waals surface area contributed by atoms with Crippen LogP contribution < -0.4 is 5.32 Å². The molecular formula is C15H12ClNO3. The van der Waals surface area contributed by atoms with Crippen molar-refractivity contribution in [2.75, 3.05) is 0 Å². The summed E-state index contributed by atoms with van der Waals surface area (Å²) < 4.78 is 0. The van der Waals surface area contributed by atoms with Crippen molar-refractivity contribution in [1.82, 2.24) is 5.32 Å². The number of halogens is 1. The first kappa shape index (κ1) is 14.1. The van der Waals surface area contributed by atoms with E-state index in [9.17, 15) is 9.59 Å². The summed E-state index contributed by atoms with van der Waals surface area (Å²) in [5, 5.41) is 12.0. The van der Waals surface area contributed by atoms with Crippen LogP contribution in [0.4, 0.5) is 0 Å². The molecule has 0 unspecified atom stereocenters. The Morgan fingerprint density at radius 1 is 1.10 bits per heavy atom. The third-order valence-corrected chi connectivity index (χ3v) is 3.08. The van der Waals surface area contributed by atoms with E-state index in [-0.39, 0.29) is 18.0 Å². The van der Waals surface area contributed by atoms with Crippen LogP contribution in [0, 0.1) is 0 Å². The SMILES string of the molecule is O=C(O)c1cccc(CNC(=O)c2ccccc2Cl)c1. The van der Waals surface area contributed by atoms with Crippen molar-refractivity contribution in [3.63, 3.8) is 0 Å². The molecule has 4 nitrogen and oxygen atoms in total. The molecule has 20 heavy (non-hydrogen) atoms. The third-order valence-electron chi connectivity index (χ3n) is 2.75. The summed E-state index contributed by atoms with van der Waals surface area (Å²) in [7, 11) is 0. The van der Waals surface area contributed by atoms with E-state index in [0.717, 1.165) is 0 Å². The van der Waals surface area contributed by atoms with Crippen LogP contribution in [0.2, 0.25) is 5.02 Å². The fourth-order valence-corrected chi connectivity index (χ4v) is 1.96. The summed E-state index contributed by atoms with van der Waals surface area (Å²) in [5.41, 5.74) is 1.29. The molecule has 5 heteroatoms. The molecule has 0 saturated heterocycles. The molecule has 0 aromatic heterocycles. The van der Waals surface area contributed by atoms with Crippen LogP contribution in [0.5, 0.6) is 0 Å². The Balaban J connectivity index is 2.06. The van der Waals surface area contributed by atoms with E-state index in [1.165, 1.54) is 12.1 Å². The molecule has 2 aromatic carbocycles. The molecule has 102 valence electrons. The Hall–Kier alpha value is -2.33. The molecule has 1 amide bonds. The highest BCUT2D eigenvalue weighted by Gasteiger charge is 2.09. The second-order valence-corrected chi connectivity index (χ2v) is 4.58. The van der Waals surface area contributed by atoms with Crippen molar-refractivity contribution >= 4 is 23.5 Å². The summed E-state index contributed by atoms with van der Waals surface area (Å²) >= 11 is 5.93. The minimum Gasteiger partial charge on any atom is -0.478 e. The number of aromatic carboxylic acids is 1. The van der Waals surface area contributed by atoms with Gasteiger partial charge in [0.25, 0.3) is 5.91 Å². The molecular weight excluding hydrogens is 278 g/mol. The molecule has 0 bridgehead atoms. The molecule has 0 aliphatic carbocycles. The van der Waals surface area contributed by atoms with Crippen LogP contribution in [0.1, 0.15) is 26.3 Å². The lowest BCUT2D eigenvalue weighted by Gasteiger charge is -2.07. The smallest absolute Gasteiger partial charge is 0.335 e. The van der Waals surface area contributed by atoms with Gasteiger partial charge in [-0.1, -0.05) is 35.9 Å². The highest BCUT2D eigenvalue weighted by atomic mass is 35.5. The van der Waals surface area contributed by atoms with Gasteiger partial charge in [-0.3, -0.25) is 4.79 Å². The third kappa shape index (κ3) is 3.36. The average Bonchev–Trinajstić information content (AvgIpc) is 2.45. The van der Waals surface area contributed by atoms with Crippen molar-refractivity contribution in [3.8, 4) is 0 Å². The van der Waals surface area contributed by atoms with Gasteiger partial charge in [-0.25, -0.2) is 4.79 Å². The first-order chi connectivity index (χ1) is 9.58. The molecule has 0 heterocycles. The van der Waals surface area contributed by atoms with Crippen LogP contribution in [0.15, 0.2) is 48.5 Å². The molecule has 0 aliphatic heterocycles. The number of carboxylic acid groups (broad SMARTS) is 1. The molecule has 0 atom stereocenters. The fraction of sp³-hybridized carbons (Fsp3) is 0.0667. The van der Waals surface area contributed by atoms with Crippen molar-refractivity contribution in [2.24, 2.45) is 0 Å². The minimum absolute atomic E-state index is 0.189. The zero-order valence-electron chi connectivity index (χ0n) is 10.5. The van der Waals surface area contributed by atoms with Crippen molar-refractivity contribution in [3.05, 3.63) is 70.2 Å². The zero-order chi connectivity index (χ0) is 14.5. The van der Waals surface area contributed by atoms with Gasteiger partial charge in [0.15, 0.2) is 0 Å². The van der Waals surface area contributed by atoms with Gasteiger partial charge >= 0.3 is 5.97 Å². The second kappa shape index (κ2) is 6.21. The molecule has 0 fully saturated rings. The maximum atomic E-state index is 11.9. The molecule has 2 aromatic rings. The summed E-state index contributed by atoms with van der Waals surface area (Å²) in [6.45, 7) is 0.241. The van der Waals surface area contributed by atoms with Gasteiger partial charge < -0.3 is 10.4 Å². The van der Waals surface area contributed by atoms with Gasteiger partial charge in [0, 0.05) is 6.54 Å². The molecule has 2 rings (SSSR count). The number of carboxylic acids is 1. The van der Waals surface area contributed by atoms with Crippen LogP contribution in [0.25, 0.3) is 0 Å². The van der Waals surface area contributed by atoms with E-state index in [0.29, 0.717) is 16.1 Å². The van der Waals surface area contributed by atoms with E-state index < -0.39 is 5.97 Å². The summed E-state index contributed by atoms with van der Waals surface area (Å²) in [6.07, 6.45) is 0. The monoisotopic (exact) mass is 289 g/mol. The van der Waals surface area contributed by atoms with Gasteiger partial charge in [-0.2, -0.15) is 0 Å². The van der Waals surface area contributed by atoms with Crippen molar-refractivity contribution in [1.29, 1.82) is 0 Å². The number of nitrogens with one attached hydrogen (secondary N) is 1. The van der Waals surface area contributed by atoms with Crippen molar-refractivity contribution < 1.29 is 14.7 Å². The van der Waals surface area contributed by atoms with E-state index in [1.54, 1.807) is 36.4 Å². The Labute approximate surface area is 121 Å². The molecule has 0 radical (unpaired) electrons. The number of hydrogen-bond acceptors (Lipinski definition) is 2. The Morgan fingerprint density at radius 3 is 2.55 bits per heavy atom. The van der Waals surface area contributed by atoms with Crippen LogP contribution >= 0.6 is 11.6 Å². The lowest BCUT2D eigenvalue weighted by molar-refractivity contribution is 0.0696. The van der Waals surface area contributed by atoms with Crippen molar-refractivity contribution in [2.45, 2.75) is 6.54 Å². The summed E-state index contributed by atoms with van der Waals surface area (Å²) in [6, 6.07) is 13.2. The lowest BCUT2D eigenvalue weighted by Crippen LogP contribution is -2.23. The van der Waals surface area contributed by atoms with E-state index in [1.807, 2.05) is 0 Å². The van der Waals surface area contributed by atoms with Crippen LogP contribution in [-0.4, -0.2) is 17.0 Å². The molecule has 2 N–H and O–H groups in total. The second-order valence-electron chi connectivity index (χ2n) is 4.17. The number of rotatable bonds is 4. The highest BCUT2D eigenvalue weighted by Crippen LogP contribution is 2.14. The molecule has 0 aliphatic rings. The molecule has 0 spiro atoms. The zero-order valence-corrected chi connectivity index (χ0v) is 11.2. The molecule has 0 saturated carbocycles. The number of amides is 1. The quantitative estimate of drug-likeness (QED) is 0.909. The first-order valence-corrected chi connectivity index (χ1v) is 6.30. The van der Waals surface area contributed by atoms with E-state index in [2.05, 4.69) is 5.32 Å². The largest absolute Gasteiger partial charge is 0.478 e. The summed E-state index contributed by atoms with van der Waals surface area (Å²) in [5.74, 6) is -1.29. The number of carbonyl (C=O) groups is 2. The predicted molar refractivity (Wildman–Crippen MR) is 76.0 cm³/mol. The standard InChI is InChI=1S/C15H12ClNO3/c16-13-7-2-1-6-12(13)14(18)17-9-10-4-3-5-11(8-10)15(19)20/h1-8H,9H2,(H,17,18)(H,19,20). The average molecular weight is 290 g/mol. The Kier molecular flexibility index (Phi) is 4.38. The maximum Gasteiger partial charge on any atom is 0.335 e. The first-order valence-electron chi connectivity index (χ1n) is 5.93. The topological polar surface area (TPSA) is 66.4 Å². The predicted octanol–water partition coefficient (Wildman–Crippen LogP) is 2.97. The van der Waals surface area contributed by atoms with Gasteiger partial charge in [-0.05, 0) is 29.8 Å². The van der Waals surface area contributed by atoms with Gasteiger partial charge in [-0.15, -0.1) is 0 Å².